The van der Waals surface area contributed by atoms with Crippen LogP contribution in [0.2, 0.25) is 0 Å². The van der Waals surface area contributed by atoms with Gasteiger partial charge in [-0.2, -0.15) is 0 Å². The predicted octanol–water partition coefficient (Wildman–Crippen LogP) is 4.07. The molecule has 0 saturated carbocycles. The SMILES string of the molecule is CCCCCCN1CCCN(C)CCN(CCCCCC)CCCNCC1. The third-order valence-electron chi connectivity index (χ3n) is 5.90. The minimum Gasteiger partial charge on any atom is -0.315 e. The lowest BCUT2D eigenvalue weighted by Gasteiger charge is -2.28. The molecule has 1 saturated heterocycles. The zero-order valence-corrected chi connectivity index (χ0v) is 19.0. The second-order valence-corrected chi connectivity index (χ2v) is 8.56. The Morgan fingerprint density at radius 3 is 1.89 bits per heavy atom. The molecule has 4 heteroatoms. The van der Waals surface area contributed by atoms with E-state index in [9.17, 15) is 0 Å². The molecule has 0 aromatic heterocycles. The molecule has 0 amide bonds. The van der Waals surface area contributed by atoms with Crippen molar-refractivity contribution < 1.29 is 0 Å². The van der Waals surface area contributed by atoms with E-state index in [1.54, 1.807) is 0 Å². The number of hydrogen-bond acceptors (Lipinski definition) is 4. The lowest BCUT2D eigenvalue weighted by Crippen LogP contribution is -2.39. The lowest BCUT2D eigenvalue weighted by molar-refractivity contribution is 0.200. The minimum atomic E-state index is 1.15. The van der Waals surface area contributed by atoms with Gasteiger partial charge < -0.3 is 20.0 Å². The van der Waals surface area contributed by atoms with Crippen LogP contribution >= 0.6 is 0 Å². The van der Waals surface area contributed by atoms with E-state index in [1.165, 1.54) is 123 Å². The third-order valence-corrected chi connectivity index (χ3v) is 5.90. The van der Waals surface area contributed by atoms with Crippen molar-refractivity contribution in [3.05, 3.63) is 0 Å². The van der Waals surface area contributed by atoms with Crippen LogP contribution in [0.15, 0.2) is 0 Å². The fraction of sp³-hybridized carbons (Fsp3) is 1.00. The highest BCUT2D eigenvalue weighted by Crippen LogP contribution is 2.05. The summed E-state index contributed by atoms with van der Waals surface area (Å²) >= 11 is 0. The largest absolute Gasteiger partial charge is 0.315 e. The topological polar surface area (TPSA) is 21.8 Å². The zero-order valence-electron chi connectivity index (χ0n) is 19.0. The predicted molar refractivity (Wildman–Crippen MR) is 121 cm³/mol. The summed E-state index contributed by atoms with van der Waals surface area (Å²) in [6, 6.07) is 0. The third kappa shape index (κ3) is 14.5. The Labute approximate surface area is 171 Å². The number of nitrogens with one attached hydrogen (secondary N) is 1. The number of unbranched alkanes of at least 4 members (excludes halogenated alkanes) is 6. The second-order valence-electron chi connectivity index (χ2n) is 8.56. The van der Waals surface area contributed by atoms with Gasteiger partial charge in [-0.05, 0) is 72.0 Å². The molecule has 0 aromatic rings. The smallest absolute Gasteiger partial charge is 0.0109 e. The van der Waals surface area contributed by atoms with Crippen LogP contribution in [0.25, 0.3) is 0 Å². The quantitative estimate of drug-likeness (QED) is 0.575. The molecule has 0 bridgehead atoms. The molecule has 27 heavy (non-hydrogen) atoms. The van der Waals surface area contributed by atoms with E-state index < -0.39 is 0 Å². The first-order chi connectivity index (χ1) is 13.3. The molecule has 0 aliphatic carbocycles. The van der Waals surface area contributed by atoms with Crippen molar-refractivity contribution in [1.29, 1.82) is 0 Å². The average molecular weight is 383 g/mol. The van der Waals surface area contributed by atoms with Gasteiger partial charge in [0, 0.05) is 26.2 Å². The Bertz CT molecular complexity index is 311. The number of rotatable bonds is 10. The number of likely N-dealkylation sites (N-methyl/N-ethyl adjacent to an activating group) is 1. The van der Waals surface area contributed by atoms with Crippen molar-refractivity contribution in [2.75, 3.05) is 72.5 Å². The summed E-state index contributed by atoms with van der Waals surface area (Å²) in [7, 11) is 2.31. The molecule has 162 valence electrons. The lowest BCUT2D eigenvalue weighted by atomic mass is 10.2. The summed E-state index contributed by atoms with van der Waals surface area (Å²) in [6.07, 6.45) is 13.6. The van der Waals surface area contributed by atoms with E-state index in [-0.39, 0.29) is 0 Å². The molecule has 1 aliphatic heterocycles. The van der Waals surface area contributed by atoms with Crippen molar-refractivity contribution in [3.8, 4) is 0 Å². The van der Waals surface area contributed by atoms with Crippen LogP contribution in [0, 0.1) is 0 Å². The van der Waals surface area contributed by atoms with Crippen LogP contribution in [0.1, 0.15) is 78.1 Å². The normalized spacial score (nSPS) is 20.6. The molecule has 1 N–H and O–H groups in total. The molecule has 1 heterocycles. The van der Waals surface area contributed by atoms with Crippen LogP contribution in [0.4, 0.5) is 0 Å². The summed E-state index contributed by atoms with van der Waals surface area (Å²) in [5, 5.41) is 3.70. The highest BCUT2D eigenvalue weighted by Gasteiger charge is 2.10. The first kappa shape index (κ1) is 24.9. The molecule has 0 unspecified atom stereocenters. The maximum absolute atomic E-state index is 3.70. The summed E-state index contributed by atoms with van der Waals surface area (Å²) in [5.41, 5.74) is 0. The Morgan fingerprint density at radius 2 is 1.22 bits per heavy atom. The van der Waals surface area contributed by atoms with Crippen LogP contribution in [-0.4, -0.2) is 87.2 Å². The zero-order chi connectivity index (χ0) is 19.6. The Hall–Kier alpha value is -0.160. The van der Waals surface area contributed by atoms with E-state index >= 15 is 0 Å². The van der Waals surface area contributed by atoms with Crippen molar-refractivity contribution in [1.82, 2.24) is 20.0 Å². The molecule has 1 fully saturated rings. The van der Waals surface area contributed by atoms with E-state index in [4.69, 9.17) is 0 Å². The van der Waals surface area contributed by atoms with Gasteiger partial charge in [0.25, 0.3) is 0 Å². The van der Waals surface area contributed by atoms with Gasteiger partial charge in [0.2, 0.25) is 0 Å². The van der Waals surface area contributed by atoms with Gasteiger partial charge in [0.1, 0.15) is 0 Å². The van der Waals surface area contributed by atoms with Crippen molar-refractivity contribution in [3.63, 3.8) is 0 Å². The minimum absolute atomic E-state index is 1.15. The summed E-state index contributed by atoms with van der Waals surface area (Å²) in [4.78, 5) is 7.96. The van der Waals surface area contributed by atoms with Gasteiger partial charge in [0.15, 0.2) is 0 Å². The summed E-state index contributed by atoms with van der Waals surface area (Å²) < 4.78 is 0. The molecule has 0 radical (unpaired) electrons. The van der Waals surface area contributed by atoms with Gasteiger partial charge >= 0.3 is 0 Å². The van der Waals surface area contributed by atoms with E-state index in [0.29, 0.717) is 0 Å². The second kappa shape index (κ2) is 17.9. The monoisotopic (exact) mass is 382 g/mol. The molecule has 0 aromatic carbocycles. The molecule has 0 spiro atoms. The van der Waals surface area contributed by atoms with Crippen LogP contribution in [-0.2, 0) is 0 Å². The summed E-state index contributed by atoms with van der Waals surface area (Å²) in [6.45, 7) is 16.9. The Morgan fingerprint density at radius 1 is 0.593 bits per heavy atom. The molecule has 1 rings (SSSR count). The van der Waals surface area contributed by atoms with E-state index in [1.807, 2.05) is 0 Å². The Balaban J connectivity index is 2.34. The fourth-order valence-corrected chi connectivity index (χ4v) is 3.97. The molecule has 1 aliphatic rings. The molecular formula is C23H50N4. The average Bonchev–Trinajstić information content (AvgIpc) is 2.67. The van der Waals surface area contributed by atoms with Gasteiger partial charge in [0.05, 0.1) is 0 Å². The van der Waals surface area contributed by atoms with Crippen LogP contribution in [0.3, 0.4) is 0 Å². The fourth-order valence-electron chi connectivity index (χ4n) is 3.97. The highest BCUT2D eigenvalue weighted by atomic mass is 15.2. The maximum Gasteiger partial charge on any atom is 0.0109 e. The molecule has 4 nitrogen and oxygen atoms in total. The van der Waals surface area contributed by atoms with E-state index in [0.717, 1.165) is 6.54 Å². The molecular weight excluding hydrogens is 332 g/mol. The number of nitrogens with zero attached hydrogens (tertiary/aromatic N) is 3. The van der Waals surface area contributed by atoms with Crippen molar-refractivity contribution in [2.24, 2.45) is 0 Å². The van der Waals surface area contributed by atoms with Gasteiger partial charge in [-0.3, -0.25) is 0 Å². The van der Waals surface area contributed by atoms with Crippen LogP contribution < -0.4 is 5.32 Å². The first-order valence-corrected chi connectivity index (χ1v) is 12.1. The van der Waals surface area contributed by atoms with Crippen molar-refractivity contribution in [2.45, 2.75) is 78.1 Å². The van der Waals surface area contributed by atoms with Gasteiger partial charge in [-0.25, -0.2) is 0 Å². The van der Waals surface area contributed by atoms with Gasteiger partial charge in [-0.1, -0.05) is 52.4 Å². The highest BCUT2D eigenvalue weighted by molar-refractivity contribution is 4.67. The van der Waals surface area contributed by atoms with Crippen molar-refractivity contribution >= 4 is 0 Å². The van der Waals surface area contributed by atoms with Gasteiger partial charge in [-0.15, -0.1) is 0 Å². The standard InChI is InChI=1S/C23H50N4/c1-4-6-8-10-17-26-20-13-16-25(3)22-23-27(18-11-9-7-5-2)19-12-14-24-15-21-26/h24H,4-23H2,1-3H3. The first-order valence-electron chi connectivity index (χ1n) is 12.1. The van der Waals surface area contributed by atoms with E-state index in [2.05, 4.69) is 40.9 Å². The molecule has 0 atom stereocenters. The van der Waals surface area contributed by atoms with Crippen LogP contribution in [0.5, 0.6) is 0 Å². The maximum atomic E-state index is 3.70. The number of hydrogen-bond donors (Lipinski definition) is 1. The summed E-state index contributed by atoms with van der Waals surface area (Å²) in [5.74, 6) is 0. The Kier molecular flexibility index (Phi) is 16.5.